The van der Waals surface area contributed by atoms with Crippen molar-refractivity contribution in [1.82, 2.24) is 29.2 Å². The minimum atomic E-state index is -0.532. The van der Waals surface area contributed by atoms with Gasteiger partial charge in [-0.2, -0.15) is 0 Å². The number of pyridine rings is 1. The molecule has 1 aromatic carbocycles. The van der Waals surface area contributed by atoms with Gasteiger partial charge in [0.1, 0.15) is 18.6 Å². The Morgan fingerprint density at radius 3 is 2.65 bits per heavy atom. The van der Waals surface area contributed by atoms with Gasteiger partial charge in [0.05, 0.1) is 11.3 Å². The third-order valence-corrected chi connectivity index (χ3v) is 6.72. The van der Waals surface area contributed by atoms with E-state index in [1.165, 1.54) is 12.3 Å². The molecule has 37 heavy (non-hydrogen) atoms. The standard InChI is InChI=1S/C25H28FN7O4/c1-29-6-9-31(10-7-29)24(34)20-14-19(3-4-21(20)26)22-5-2-18(15-27-22)16-30-8-11-32-17-23(33(35)36)28-25(32)37-13-12-30/h2-5,14-15,17H,6-13,16H2,1H3. The van der Waals surface area contributed by atoms with E-state index in [0.717, 1.165) is 18.7 Å². The lowest BCUT2D eigenvalue weighted by Gasteiger charge is -2.32. The number of nitrogens with zero attached hydrogens (tertiary/aromatic N) is 7. The molecule has 0 aliphatic carbocycles. The van der Waals surface area contributed by atoms with Gasteiger partial charge in [-0.25, -0.2) is 4.39 Å². The number of piperazine rings is 1. The SMILES string of the molecule is CN1CCN(C(=O)c2cc(-c3ccc(CN4CCOc5nc([N+](=O)[O-])cn5CC4)cn3)ccc2F)CC1. The van der Waals surface area contributed by atoms with Crippen LogP contribution in [-0.4, -0.2) is 93.0 Å². The largest absolute Gasteiger partial charge is 0.444 e. The molecule has 194 valence electrons. The number of imidazole rings is 1. The molecule has 11 nitrogen and oxygen atoms in total. The summed E-state index contributed by atoms with van der Waals surface area (Å²) in [6.07, 6.45) is 3.16. The lowest BCUT2D eigenvalue weighted by atomic mass is 10.0. The number of ether oxygens (including phenoxy) is 1. The number of nitro groups is 1. The Balaban J connectivity index is 1.24. The van der Waals surface area contributed by atoms with Crippen molar-refractivity contribution in [3.63, 3.8) is 0 Å². The third-order valence-electron chi connectivity index (χ3n) is 6.72. The van der Waals surface area contributed by atoms with Gasteiger partial charge in [-0.3, -0.25) is 19.2 Å². The number of carbonyl (C=O) groups excluding carboxylic acids is 1. The summed E-state index contributed by atoms with van der Waals surface area (Å²) >= 11 is 0. The van der Waals surface area contributed by atoms with Crippen LogP contribution in [0.25, 0.3) is 11.3 Å². The number of halogens is 1. The Kier molecular flexibility index (Phi) is 7.10. The van der Waals surface area contributed by atoms with Gasteiger partial charge in [0.15, 0.2) is 0 Å². The van der Waals surface area contributed by atoms with E-state index in [0.29, 0.717) is 57.1 Å². The molecule has 12 heteroatoms. The lowest BCUT2D eigenvalue weighted by Crippen LogP contribution is -2.47. The quantitative estimate of drug-likeness (QED) is 0.381. The second-order valence-corrected chi connectivity index (χ2v) is 9.30. The number of hydrogen-bond acceptors (Lipinski definition) is 8. The van der Waals surface area contributed by atoms with Gasteiger partial charge < -0.3 is 24.7 Å². The summed E-state index contributed by atoms with van der Waals surface area (Å²) in [5, 5.41) is 11.0. The van der Waals surface area contributed by atoms with Crippen molar-refractivity contribution in [2.45, 2.75) is 13.1 Å². The van der Waals surface area contributed by atoms with Crippen LogP contribution in [0, 0.1) is 15.9 Å². The monoisotopic (exact) mass is 509 g/mol. The smallest absolute Gasteiger partial charge is 0.414 e. The van der Waals surface area contributed by atoms with Crippen LogP contribution in [0.1, 0.15) is 15.9 Å². The summed E-state index contributed by atoms with van der Waals surface area (Å²) in [7, 11) is 2.00. The number of benzene rings is 1. The van der Waals surface area contributed by atoms with Crippen LogP contribution in [-0.2, 0) is 13.1 Å². The number of fused-ring (bicyclic) bond motifs is 1. The number of hydrogen-bond donors (Lipinski definition) is 0. The zero-order valence-electron chi connectivity index (χ0n) is 20.5. The molecule has 2 aliphatic heterocycles. The zero-order valence-corrected chi connectivity index (χ0v) is 20.5. The van der Waals surface area contributed by atoms with E-state index >= 15 is 0 Å². The Hall–Kier alpha value is -3.90. The molecule has 0 bridgehead atoms. The van der Waals surface area contributed by atoms with Crippen LogP contribution in [0.3, 0.4) is 0 Å². The maximum Gasteiger partial charge on any atom is 0.414 e. The first-order valence-electron chi connectivity index (χ1n) is 12.2. The Bertz CT molecular complexity index is 1290. The van der Waals surface area contributed by atoms with Gasteiger partial charge in [-0.15, -0.1) is 0 Å². The molecule has 1 amide bonds. The van der Waals surface area contributed by atoms with E-state index in [9.17, 15) is 19.3 Å². The van der Waals surface area contributed by atoms with Crippen LogP contribution in [0.5, 0.6) is 6.01 Å². The van der Waals surface area contributed by atoms with Gasteiger partial charge >= 0.3 is 11.8 Å². The number of likely N-dealkylation sites (N-methyl/N-ethyl adjacent to an activating group) is 1. The zero-order chi connectivity index (χ0) is 25.9. The van der Waals surface area contributed by atoms with Crippen molar-refractivity contribution in [2.24, 2.45) is 0 Å². The fraction of sp³-hybridized carbons (Fsp3) is 0.400. The minimum Gasteiger partial charge on any atom is -0.444 e. The highest BCUT2D eigenvalue weighted by atomic mass is 19.1. The van der Waals surface area contributed by atoms with E-state index in [-0.39, 0.29) is 23.3 Å². The van der Waals surface area contributed by atoms with Crippen LogP contribution in [0.15, 0.2) is 42.7 Å². The predicted molar refractivity (Wildman–Crippen MR) is 133 cm³/mol. The highest BCUT2D eigenvalue weighted by molar-refractivity contribution is 5.95. The van der Waals surface area contributed by atoms with E-state index in [1.54, 1.807) is 27.8 Å². The lowest BCUT2D eigenvalue weighted by molar-refractivity contribution is -0.389. The fourth-order valence-electron chi connectivity index (χ4n) is 4.51. The predicted octanol–water partition coefficient (Wildman–Crippen LogP) is 2.27. The molecular weight excluding hydrogens is 481 g/mol. The number of rotatable bonds is 5. The Morgan fingerprint density at radius 1 is 1.11 bits per heavy atom. The van der Waals surface area contributed by atoms with Gasteiger partial charge in [-0.05, 0) is 41.8 Å². The fourth-order valence-corrected chi connectivity index (χ4v) is 4.51. The van der Waals surface area contributed by atoms with Gasteiger partial charge in [-0.1, -0.05) is 6.07 Å². The highest BCUT2D eigenvalue weighted by Crippen LogP contribution is 2.23. The molecule has 2 aliphatic rings. The van der Waals surface area contributed by atoms with E-state index < -0.39 is 10.7 Å². The molecule has 3 aromatic rings. The van der Waals surface area contributed by atoms with E-state index in [4.69, 9.17) is 4.74 Å². The van der Waals surface area contributed by atoms with Crippen molar-refractivity contribution < 1.29 is 18.8 Å². The normalized spacial score (nSPS) is 17.0. The van der Waals surface area contributed by atoms with Crippen molar-refractivity contribution in [1.29, 1.82) is 0 Å². The summed E-state index contributed by atoms with van der Waals surface area (Å²) in [6.45, 7) is 5.49. The first kappa shape index (κ1) is 24.8. The van der Waals surface area contributed by atoms with E-state index in [2.05, 4.69) is 19.8 Å². The van der Waals surface area contributed by atoms with Crippen LogP contribution < -0.4 is 4.74 Å². The number of carbonyl (C=O) groups is 1. The average Bonchev–Trinajstić information content (AvgIpc) is 3.29. The molecular formula is C25H28FN7O4. The summed E-state index contributed by atoms with van der Waals surface area (Å²) < 4.78 is 21.8. The molecule has 1 saturated heterocycles. The molecule has 2 aromatic heterocycles. The van der Waals surface area contributed by atoms with Gasteiger partial charge in [0.2, 0.25) is 0 Å². The summed E-state index contributed by atoms with van der Waals surface area (Å²) in [4.78, 5) is 37.9. The molecule has 0 N–H and O–H groups in total. The number of amides is 1. The molecule has 1 fully saturated rings. The maximum atomic E-state index is 14.6. The van der Waals surface area contributed by atoms with Crippen LogP contribution in [0.4, 0.5) is 10.2 Å². The Morgan fingerprint density at radius 2 is 1.92 bits per heavy atom. The molecule has 4 heterocycles. The van der Waals surface area contributed by atoms with Crippen LogP contribution in [0.2, 0.25) is 0 Å². The summed E-state index contributed by atoms with van der Waals surface area (Å²) in [5.41, 5.74) is 2.38. The van der Waals surface area contributed by atoms with Crippen LogP contribution >= 0.6 is 0 Å². The first-order valence-corrected chi connectivity index (χ1v) is 12.2. The highest BCUT2D eigenvalue weighted by Gasteiger charge is 2.24. The molecule has 0 unspecified atom stereocenters. The van der Waals surface area contributed by atoms with Crippen molar-refractivity contribution in [3.8, 4) is 17.3 Å². The van der Waals surface area contributed by atoms with Crippen molar-refractivity contribution >= 4 is 11.7 Å². The molecule has 0 saturated carbocycles. The first-order chi connectivity index (χ1) is 17.9. The van der Waals surface area contributed by atoms with Gasteiger partial charge in [0.25, 0.3) is 5.91 Å². The summed E-state index contributed by atoms with van der Waals surface area (Å²) in [6, 6.07) is 8.63. The average molecular weight is 510 g/mol. The summed E-state index contributed by atoms with van der Waals surface area (Å²) in [5.74, 6) is -1.05. The number of aromatic nitrogens is 3. The molecule has 5 rings (SSSR count). The van der Waals surface area contributed by atoms with Gasteiger partial charge in [0, 0.05) is 69.1 Å². The molecule has 0 spiro atoms. The second kappa shape index (κ2) is 10.6. The third kappa shape index (κ3) is 5.59. The Labute approximate surface area is 213 Å². The topological polar surface area (TPSA) is 110 Å². The van der Waals surface area contributed by atoms with Crippen molar-refractivity contribution in [3.05, 3.63) is 69.8 Å². The maximum absolute atomic E-state index is 14.6. The van der Waals surface area contributed by atoms with Crippen molar-refractivity contribution in [2.75, 3.05) is 52.9 Å². The second-order valence-electron chi connectivity index (χ2n) is 9.30. The molecule has 0 radical (unpaired) electrons. The molecule has 0 atom stereocenters. The minimum absolute atomic E-state index is 0.0627. The van der Waals surface area contributed by atoms with E-state index in [1.807, 2.05) is 19.2 Å².